The monoisotopic (exact) mass is 278 g/mol. The number of nitrogens with one attached hydrogen (secondary N) is 2. The summed E-state index contributed by atoms with van der Waals surface area (Å²) >= 11 is 0. The molecule has 5 heteroatoms. The molecule has 5 nitrogen and oxygen atoms in total. The smallest absolute Gasteiger partial charge is 0.229 e. The Labute approximate surface area is 119 Å². The van der Waals surface area contributed by atoms with E-state index in [0.717, 1.165) is 30.9 Å². The first kappa shape index (κ1) is 14.8. The molecular weight excluding hydrogens is 256 g/mol. The fraction of sp³-hybridized carbons (Fsp3) is 0.533. The molecule has 1 aromatic rings. The van der Waals surface area contributed by atoms with Gasteiger partial charge in [-0.2, -0.15) is 0 Å². The fourth-order valence-electron chi connectivity index (χ4n) is 2.04. The zero-order valence-electron chi connectivity index (χ0n) is 11.9. The van der Waals surface area contributed by atoms with Crippen LogP contribution in [-0.2, 0) is 9.53 Å². The molecule has 1 aromatic carbocycles. The summed E-state index contributed by atoms with van der Waals surface area (Å²) in [6.07, 6.45) is 0.803. The highest BCUT2D eigenvalue weighted by molar-refractivity contribution is 5.92. The van der Waals surface area contributed by atoms with Crippen LogP contribution in [0.3, 0.4) is 0 Å². The third-order valence-electron chi connectivity index (χ3n) is 3.22. The molecule has 0 bridgehead atoms. The van der Waals surface area contributed by atoms with Crippen molar-refractivity contribution in [2.45, 2.75) is 13.3 Å². The summed E-state index contributed by atoms with van der Waals surface area (Å²) in [7, 11) is 0. The molecular formula is C15H22N2O3. The summed E-state index contributed by atoms with van der Waals surface area (Å²) in [5, 5.41) is 6.09. The molecule has 1 amide bonds. The molecule has 1 saturated heterocycles. The highest BCUT2D eigenvalue weighted by Gasteiger charge is 2.23. The first-order chi connectivity index (χ1) is 9.79. The average molecular weight is 278 g/mol. The van der Waals surface area contributed by atoms with Crippen molar-refractivity contribution in [1.29, 1.82) is 0 Å². The largest absolute Gasteiger partial charge is 0.492 e. The zero-order valence-corrected chi connectivity index (χ0v) is 11.9. The summed E-state index contributed by atoms with van der Waals surface area (Å²) < 4.78 is 10.8. The highest BCUT2D eigenvalue weighted by Crippen LogP contribution is 2.18. The Bertz CT molecular complexity index is 414. The lowest BCUT2D eigenvalue weighted by molar-refractivity contribution is -0.119. The van der Waals surface area contributed by atoms with Crippen LogP contribution in [0.2, 0.25) is 0 Å². The molecule has 0 saturated carbocycles. The Kier molecular flexibility index (Phi) is 5.83. The van der Waals surface area contributed by atoms with Crippen molar-refractivity contribution in [2.24, 2.45) is 5.92 Å². The molecule has 2 N–H and O–H groups in total. The van der Waals surface area contributed by atoms with E-state index in [1.54, 1.807) is 0 Å². The van der Waals surface area contributed by atoms with E-state index in [4.69, 9.17) is 9.47 Å². The van der Waals surface area contributed by atoms with Crippen molar-refractivity contribution in [3.05, 3.63) is 24.3 Å². The molecule has 1 heterocycles. The van der Waals surface area contributed by atoms with Crippen molar-refractivity contribution in [3.63, 3.8) is 0 Å². The van der Waals surface area contributed by atoms with Gasteiger partial charge in [0.15, 0.2) is 0 Å². The van der Waals surface area contributed by atoms with Gasteiger partial charge in [0.25, 0.3) is 0 Å². The van der Waals surface area contributed by atoms with Crippen LogP contribution in [0.4, 0.5) is 5.69 Å². The second-order valence-electron chi connectivity index (χ2n) is 4.78. The minimum atomic E-state index is -0.0222. The molecule has 1 unspecified atom stereocenters. The van der Waals surface area contributed by atoms with Crippen LogP contribution in [0.25, 0.3) is 0 Å². The number of hydrogen-bond donors (Lipinski definition) is 2. The van der Waals surface area contributed by atoms with E-state index in [9.17, 15) is 4.79 Å². The predicted octanol–water partition coefficient (Wildman–Crippen LogP) is 1.65. The second kappa shape index (κ2) is 7.87. The minimum Gasteiger partial charge on any atom is -0.492 e. The summed E-state index contributed by atoms with van der Waals surface area (Å²) in [6, 6.07) is 7.45. The number of anilines is 1. The third kappa shape index (κ3) is 4.51. The maximum atomic E-state index is 11.9. The molecule has 110 valence electrons. The third-order valence-corrected chi connectivity index (χ3v) is 3.22. The van der Waals surface area contributed by atoms with Crippen molar-refractivity contribution in [3.8, 4) is 5.75 Å². The van der Waals surface area contributed by atoms with Gasteiger partial charge in [0.05, 0.1) is 12.5 Å². The van der Waals surface area contributed by atoms with Crippen LogP contribution < -0.4 is 15.4 Å². The molecule has 20 heavy (non-hydrogen) atoms. The Morgan fingerprint density at radius 3 is 2.85 bits per heavy atom. The summed E-state index contributed by atoms with van der Waals surface area (Å²) in [4.78, 5) is 11.9. The highest BCUT2D eigenvalue weighted by atomic mass is 16.5. The number of hydrogen-bond acceptors (Lipinski definition) is 4. The maximum absolute atomic E-state index is 11.9. The number of amides is 1. The van der Waals surface area contributed by atoms with Crippen molar-refractivity contribution < 1.29 is 14.3 Å². The van der Waals surface area contributed by atoms with Crippen LogP contribution in [0.1, 0.15) is 13.3 Å². The number of likely N-dealkylation sites (N-methyl/N-ethyl adjacent to an activating group) is 1. The maximum Gasteiger partial charge on any atom is 0.229 e. The normalized spacial score (nSPS) is 17.9. The lowest BCUT2D eigenvalue weighted by Gasteiger charge is -2.10. The lowest BCUT2D eigenvalue weighted by Crippen LogP contribution is -2.22. The van der Waals surface area contributed by atoms with Gasteiger partial charge >= 0.3 is 0 Å². The molecule has 1 atom stereocenters. The van der Waals surface area contributed by atoms with Crippen molar-refractivity contribution in [2.75, 3.05) is 38.2 Å². The first-order valence-corrected chi connectivity index (χ1v) is 7.12. The van der Waals surface area contributed by atoms with E-state index in [1.807, 2.05) is 24.3 Å². The van der Waals surface area contributed by atoms with E-state index >= 15 is 0 Å². The standard InChI is InChI=1S/C15H22N2O3/c1-2-16-8-10-20-14-5-3-13(4-6-14)17-15(18)12-7-9-19-11-12/h3-6,12,16H,2,7-11H2,1H3,(H,17,18). The van der Waals surface area contributed by atoms with Gasteiger partial charge in [0, 0.05) is 18.8 Å². The van der Waals surface area contributed by atoms with E-state index < -0.39 is 0 Å². The Hall–Kier alpha value is -1.59. The number of carbonyl (C=O) groups excluding carboxylic acids is 1. The van der Waals surface area contributed by atoms with E-state index in [-0.39, 0.29) is 11.8 Å². The summed E-state index contributed by atoms with van der Waals surface area (Å²) in [5.41, 5.74) is 0.793. The molecule has 0 spiro atoms. The first-order valence-electron chi connectivity index (χ1n) is 7.12. The number of carbonyl (C=O) groups is 1. The van der Waals surface area contributed by atoms with E-state index in [1.165, 1.54) is 0 Å². The number of rotatable bonds is 7. The predicted molar refractivity (Wildman–Crippen MR) is 78.0 cm³/mol. The van der Waals surface area contributed by atoms with Crippen LogP contribution in [0.5, 0.6) is 5.75 Å². The minimum absolute atomic E-state index is 0.0222. The molecule has 0 aromatic heterocycles. The average Bonchev–Trinajstić information content (AvgIpc) is 3.00. The Balaban J connectivity index is 1.77. The van der Waals surface area contributed by atoms with Gasteiger partial charge < -0.3 is 20.1 Å². The van der Waals surface area contributed by atoms with Gasteiger partial charge in [-0.25, -0.2) is 0 Å². The summed E-state index contributed by atoms with van der Waals surface area (Å²) in [5.74, 6) is 0.819. The van der Waals surface area contributed by atoms with Crippen LogP contribution in [0.15, 0.2) is 24.3 Å². The van der Waals surface area contributed by atoms with Gasteiger partial charge in [-0.3, -0.25) is 4.79 Å². The fourth-order valence-corrected chi connectivity index (χ4v) is 2.04. The van der Waals surface area contributed by atoms with Crippen LogP contribution in [-0.4, -0.2) is 38.8 Å². The van der Waals surface area contributed by atoms with Crippen LogP contribution in [0, 0.1) is 5.92 Å². The Morgan fingerprint density at radius 1 is 1.40 bits per heavy atom. The second-order valence-corrected chi connectivity index (χ2v) is 4.78. The van der Waals surface area contributed by atoms with Gasteiger partial charge in [0.1, 0.15) is 12.4 Å². The molecule has 2 rings (SSSR count). The molecule has 1 aliphatic heterocycles. The number of ether oxygens (including phenoxy) is 2. The van der Waals surface area contributed by atoms with Gasteiger partial charge in [-0.05, 0) is 37.2 Å². The number of benzene rings is 1. The van der Waals surface area contributed by atoms with Crippen LogP contribution >= 0.6 is 0 Å². The van der Waals surface area contributed by atoms with E-state index in [2.05, 4.69) is 17.6 Å². The lowest BCUT2D eigenvalue weighted by atomic mass is 10.1. The quantitative estimate of drug-likeness (QED) is 0.745. The van der Waals surface area contributed by atoms with Crippen molar-refractivity contribution in [1.82, 2.24) is 5.32 Å². The van der Waals surface area contributed by atoms with Gasteiger partial charge in [0.2, 0.25) is 5.91 Å². The molecule has 1 aliphatic rings. The molecule has 0 aliphatic carbocycles. The SMILES string of the molecule is CCNCCOc1ccc(NC(=O)C2CCOC2)cc1. The molecule has 1 fully saturated rings. The topological polar surface area (TPSA) is 59.6 Å². The van der Waals surface area contributed by atoms with Gasteiger partial charge in [-0.1, -0.05) is 6.92 Å². The Morgan fingerprint density at radius 2 is 2.20 bits per heavy atom. The molecule has 0 radical (unpaired) electrons. The van der Waals surface area contributed by atoms with Gasteiger partial charge in [-0.15, -0.1) is 0 Å². The van der Waals surface area contributed by atoms with Crippen molar-refractivity contribution >= 4 is 11.6 Å². The van der Waals surface area contributed by atoms with E-state index in [0.29, 0.717) is 19.8 Å². The summed E-state index contributed by atoms with van der Waals surface area (Å²) in [6.45, 7) is 5.68. The zero-order chi connectivity index (χ0) is 14.2.